The fraction of sp³-hybridized carbons (Fsp3) is 1.00. The van der Waals surface area contributed by atoms with Gasteiger partial charge in [-0.3, -0.25) is 0 Å². The third kappa shape index (κ3) is 18.3. The van der Waals surface area contributed by atoms with Crippen molar-refractivity contribution in [3.63, 3.8) is 0 Å². The molecule has 0 saturated carbocycles. The van der Waals surface area contributed by atoms with Gasteiger partial charge >= 0.3 is 0 Å². The molecular weight excluding hydrogens is 362 g/mol. The second-order valence-corrected chi connectivity index (χ2v) is 9.06. The van der Waals surface area contributed by atoms with Gasteiger partial charge in [0.25, 0.3) is 0 Å². The van der Waals surface area contributed by atoms with Crippen molar-refractivity contribution in [2.24, 2.45) is 0 Å². The van der Waals surface area contributed by atoms with Crippen LogP contribution in [0.3, 0.4) is 0 Å². The van der Waals surface area contributed by atoms with E-state index in [1.165, 1.54) is 96.3 Å². The zero-order valence-electron chi connectivity index (χ0n) is 19.8. The van der Waals surface area contributed by atoms with E-state index in [2.05, 4.69) is 6.92 Å². The maximum absolute atomic E-state index is 9.40. The number of nitrogens with zero attached hydrogens (tertiary/aromatic N) is 1. The molecule has 0 aromatic heterocycles. The summed E-state index contributed by atoms with van der Waals surface area (Å²) in [5.41, 5.74) is 0. The topological polar surface area (TPSA) is 60.7 Å². The summed E-state index contributed by atoms with van der Waals surface area (Å²) >= 11 is 0. The molecule has 0 saturated heterocycles. The molecule has 0 aliphatic rings. The van der Waals surface area contributed by atoms with Crippen molar-refractivity contribution in [2.45, 2.75) is 116 Å². The van der Waals surface area contributed by atoms with E-state index < -0.39 is 0 Å². The summed E-state index contributed by atoms with van der Waals surface area (Å²) in [7, 11) is 0. The molecule has 0 aromatic rings. The number of aliphatic hydroxyl groups is 3. The largest absolute Gasteiger partial charge is 0.396 e. The highest BCUT2D eigenvalue weighted by molar-refractivity contribution is 4.52. The van der Waals surface area contributed by atoms with Crippen LogP contribution in [0.2, 0.25) is 0 Å². The summed E-state index contributed by atoms with van der Waals surface area (Å²) in [6, 6.07) is 0. The van der Waals surface area contributed by atoms with Crippen LogP contribution in [0, 0.1) is 0 Å². The molecule has 0 atom stereocenters. The Morgan fingerprint density at radius 3 is 1.07 bits per heavy atom. The van der Waals surface area contributed by atoms with E-state index >= 15 is 0 Å². The van der Waals surface area contributed by atoms with Gasteiger partial charge in [-0.2, -0.15) is 0 Å². The quantitative estimate of drug-likeness (QED) is 0.145. The molecule has 0 amide bonds. The van der Waals surface area contributed by atoms with Gasteiger partial charge in [-0.25, -0.2) is 0 Å². The summed E-state index contributed by atoms with van der Waals surface area (Å²) in [6.07, 6.45) is 22.8. The third-order valence-electron chi connectivity index (χ3n) is 6.43. The lowest BCUT2D eigenvalue weighted by Crippen LogP contribution is -2.53. The molecule has 0 aromatic carbocycles. The lowest BCUT2D eigenvalue weighted by molar-refractivity contribution is -0.929. The maximum Gasteiger partial charge on any atom is 0.102 e. The molecule has 4 heteroatoms. The predicted molar refractivity (Wildman–Crippen MR) is 125 cm³/mol. The number of quaternary nitrogens is 1. The van der Waals surface area contributed by atoms with Crippen molar-refractivity contribution in [3.8, 4) is 0 Å². The number of rotatable bonds is 24. The zero-order chi connectivity index (χ0) is 21.5. The molecule has 4 nitrogen and oxygen atoms in total. The number of unbranched alkanes of at least 4 members (excludes halogenated alkanes) is 15. The molecule has 0 heterocycles. The first-order valence-electron chi connectivity index (χ1n) is 12.9. The molecule has 3 N–H and O–H groups in total. The van der Waals surface area contributed by atoms with Crippen molar-refractivity contribution >= 4 is 0 Å². The molecule has 0 unspecified atom stereocenters. The van der Waals surface area contributed by atoms with Crippen LogP contribution in [0.4, 0.5) is 0 Å². The van der Waals surface area contributed by atoms with Crippen LogP contribution in [0.15, 0.2) is 0 Å². The number of hydrogen-bond donors (Lipinski definition) is 3. The Kier molecular flexibility index (Phi) is 22.4. The van der Waals surface area contributed by atoms with Gasteiger partial charge in [0.05, 0.1) is 26.3 Å². The van der Waals surface area contributed by atoms with Gasteiger partial charge < -0.3 is 19.8 Å². The van der Waals surface area contributed by atoms with E-state index in [9.17, 15) is 10.2 Å². The fourth-order valence-corrected chi connectivity index (χ4v) is 4.50. The van der Waals surface area contributed by atoms with Gasteiger partial charge in [-0.1, -0.05) is 96.8 Å². The molecule has 0 bridgehead atoms. The Bertz CT molecular complexity index is 306. The summed E-state index contributed by atoms with van der Waals surface area (Å²) in [5.74, 6) is 0. The third-order valence-corrected chi connectivity index (χ3v) is 6.43. The van der Waals surface area contributed by atoms with Gasteiger partial charge in [0, 0.05) is 13.0 Å². The summed E-state index contributed by atoms with van der Waals surface area (Å²) < 4.78 is 0.756. The first kappa shape index (κ1) is 28.8. The molecule has 0 spiro atoms. The first-order chi connectivity index (χ1) is 14.2. The highest BCUT2D eigenvalue weighted by Crippen LogP contribution is 2.15. The van der Waals surface area contributed by atoms with Gasteiger partial charge in [0.2, 0.25) is 0 Å². The van der Waals surface area contributed by atoms with Crippen molar-refractivity contribution in [3.05, 3.63) is 0 Å². The van der Waals surface area contributed by atoms with E-state index in [0.717, 1.165) is 30.4 Å². The first-order valence-corrected chi connectivity index (χ1v) is 12.9. The predicted octanol–water partition coefficient (Wildman–Crippen LogP) is 5.43. The van der Waals surface area contributed by atoms with Crippen LogP contribution < -0.4 is 0 Å². The van der Waals surface area contributed by atoms with Gasteiger partial charge in [-0.15, -0.1) is 0 Å². The zero-order valence-corrected chi connectivity index (χ0v) is 19.8. The summed E-state index contributed by atoms with van der Waals surface area (Å²) in [6.45, 7) is 6.04. The van der Waals surface area contributed by atoms with Crippen LogP contribution in [0.1, 0.15) is 116 Å². The highest BCUT2D eigenvalue weighted by atomic mass is 16.3. The van der Waals surface area contributed by atoms with Gasteiger partial charge in [0.15, 0.2) is 0 Å². The van der Waals surface area contributed by atoms with E-state index in [1.54, 1.807) is 0 Å². The summed E-state index contributed by atoms with van der Waals surface area (Å²) in [4.78, 5) is 0. The monoisotopic (exact) mass is 416 g/mol. The second kappa shape index (κ2) is 22.5. The highest BCUT2D eigenvalue weighted by Gasteiger charge is 2.25. The van der Waals surface area contributed by atoms with E-state index in [4.69, 9.17) is 5.11 Å². The molecule has 29 heavy (non-hydrogen) atoms. The Hall–Kier alpha value is -0.160. The molecule has 176 valence electrons. The second-order valence-electron chi connectivity index (χ2n) is 9.06. The number of aliphatic hydroxyl groups excluding tert-OH is 3. The average Bonchev–Trinajstić information content (AvgIpc) is 2.72. The minimum absolute atomic E-state index is 0.157. The molecule has 0 rings (SSSR count). The minimum Gasteiger partial charge on any atom is -0.396 e. The molecule has 0 aliphatic heterocycles. The van der Waals surface area contributed by atoms with Crippen LogP contribution in [-0.2, 0) is 0 Å². The van der Waals surface area contributed by atoms with Crippen LogP contribution >= 0.6 is 0 Å². The molecule has 0 fully saturated rings. The average molecular weight is 417 g/mol. The van der Waals surface area contributed by atoms with Gasteiger partial charge in [-0.05, 0) is 12.8 Å². The van der Waals surface area contributed by atoms with Crippen LogP contribution in [0.5, 0.6) is 0 Å². The van der Waals surface area contributed by atoms with E-state index in [1.807, 2.05) is 0 Å². The van der Waals surface area contributed by atoms with Crippen molar-refractivity contribution < 1.29 is 19.8 Å². The molecule has 0 aliphatic carbocycles. The Morgan fingerprint density at radius 1 is 0.379 bits per heavy atom. The van der Waals surface area contributed by atoms with E-state index in [0.29, 0.717) is 13.1 Å². The van der Waals surface area contributed by atoms with Crippen molar-refractivity contribution in [1.82, 2.24) is 0 Å². The Labute approximate surface area is 182 Å². The Morgan fingerprint density at radius 2 is 0.724 bits per heavy atom. The SMILES string of the molecule is CCCCCCCCCCCCCCCCCC[N+](CCO)(CCO)CCCO. The maximum atomic E-state index is 9.40. The standard InChI is InChI=1S/C25H54NO3/c1-2-3-4-5-6-7-8-9-10-11-12-13-14-15-16-17-19-26(21-24-28,22-25-29)20-18-23-27/h27-29H,2-25H2,1H3/q+1. The van der Waals surface area contributed by atoms with Crippen molar-refractivity contribution in [2.75, 3.05) is 46.0 Å². The normalized spacial score (nSPS) is 12.0. The van der Waals surface area contributed by atoms with Crippen LogP contribution in [-0.4, -0.2) is 65.8 Å². The molecular formula is C25H54NO3+. The van der Waals surface area contributed by atoms with E-state index in [-0.39, 0.29) is 19.8 Å². The number of hydrogen-bond acceptors (Lipinski definition) is 3. The summed E-state index contributed by atoms with van der Waals surface area (Å²) in [5, 5.41) is 27.9. The van der Waals surface area contributed by atoms with Gasteiger partial charge in [0.1, 0.15) is 13.1 Å². The lowest BCUT2D eigenvalue weighted by atomic mass is 10.0. The minimum atomic E-state index is 0.157. The fourth-order valence-electron chi connectivity index (χ4n) is 4.50. The van der Waals surface area contributed by atoms with Crippen molar-refractivity contribution in [1.29, 1.82) is 0 Å². The van der Waals surface area contributed by atoms with Crippen LogP contribution in [0.25, 0.3) is 0 Å². The smallest absolute Gasteiger partial charge is 0.102 e. The Balaban J connectivity index is 3.54. The lowest BCUT2D eigenvalue weighted by Gasteiger charge is -2.38. The molecule has 0 radical (unpaired) electrons.